The van der Waals surface area contributed by atoms with Crippen molar-refractivity contribution >= 4 is 5.82 Å². The maximum absolute atomic E-state index is 9.01. The molecule has 1 aromatic rings. The van der Waals surface area contributed by atoms with Gasteiger partial charge in [0.2, 0.25) is 0 Å². The maximum atomic E-state index is 9.01. The zero-order chi connectivity index (χ0) is 11.8. The lowest BCUT2D eigenvalue weighted by Gasteiger charge is -2.22. The largest absolute Gasteiger partial charge is 0.395 e. The highest BCUT2D eigenvalue weighted by Crippen LogP contribution is 2.12. The lowest BCUT2D eigenvalue weighted by molar-refractivity contribution is 0.301. The Labute approximate surface area is 97.3 Å². The van der Waals surface area contributed by atoms with Crippen LogP contribution in [0, 0.1) is 0 Å². The molecule has 0 unspecified atom stereocenters. The van der Waals surface area contributed by atoms with Crippen molar-refractivity contribution in [1.82, 2.24) is 9.97 Å². The summed E-state index contributed by atoms with van der Waals surface area (Å²) in [5.74, 6) is 0.925. The molecule has 0 saturated carbocycles. The predicted octanol–water partition coefficient (Wildman–Crippen LogP) is 1.64. The van der Waals surface area contributed by atoms with Crippen molar-refractivity contribution in [2.24, 2.45) is 0 Å². The fourth-order valence-electron chi connectivity index (χ4n) is 1.68. The number of anilines is 1. The van der Waals surface area contributed by atoms with Crippen LogP contribution in [-0.4, -0.2) is 34.8 Å². The van der Waals surface area contributed by atoms with Crippen molar-refractivity contribution in [3.63, 3.8) is 0 Å². The smallest absolute Gasteiger partial charge is 0.132 e. The highest BCUT2D eigenvalue weighted by Gasteiger charge is 2.07. The van der Waals surface area contributed by atoms with E-state index in [-0.39, 0.29) is 6.61 Å². The summed E-state index contributed by atoms with van der Waals surface area (Å²) in [6.45, 7) is 5.98. The molecule has 0 spiro atoms. The van der Waals surface area contributed by atoms with Crippen molar-refractivity contribution in [3.8, 4) is 0 Å². The minimum atomic E-state index is 0.160. The van der Waals surface area contributed by atoms with E-state index in [0.717, 1.165) is 37.3 Å². The molecule has 0 aliphatic rings. The predicted molar refractivity (Wildman–Crippen MR) is 65.6 cm³/mol. The van der Waals surface area contributed by atoms with Crippen molar-refractivity contribution in [2.75, 3.05) is 24.6 Å². The average Bonchev–Trinajstić information content (AvgIpc) is 2.30. The molecule has 0 aliphatic carbocycles. The van der Waals surface area contributed by atoms with Crippen LogP contribution in [-0.2, 0) is 6.42 Å². The molecule has 0 fully saturated rings. The van der Waals surface area contributed by atoms with E-state index in [1.165, 1.54) is 0 Å². The van der Waals surface area contributed by atoms with Crippen LogP contribution in [0.2, 0.25) is 0 Å². The molecule has 1 rings (SSSR count). The van der Waals surface area contributed by atoms with E-state index >= 15 is 0 Å². The van der Waals surface area contributed by atoms with Crippen LogP contribution >= 0.6 is 0 Å². The van der Waals surface area contributed by atoms with E-state index in [1.54, 1.807) is 6.33 Å². The van der Waals surface area contributed by atoms with Crippen molar-refractivity contribution < 1.29 is 5.11 Å². The molecule has 90 valence electrons. The van der Waals surface area contributed by atoms with Crippen molar-refractivity contribution in [3.05, 3.63) is 18.1 Å². The molecule has 1 aromatic heterocycles. The third-order valence-corrected chi connectivity index (χ3v) is 2.40. The second kappa shape index (κ2) is 7.17. The molecule has 16 heavy (non-hydrogen) atoms. The molecule has 0 radical (unpaired) electrons. The molecule has 0 amide bonds. The van der Waals surface area contributed by atoms with Gasteiger partial charge in [0, 0.05) is 24.8 Å². The highest BCUT2D eigenvalue weighted by molar-refractivity contribution is 5.38. The number of nitrogens with zero attached hydrogens (tertiary/aromatic N) is 3. The Balaban J connectivity index is 2.77. The summed E-state index contributed by atoms with van der Waals surface area (Å²) in [5, 5.41) is 9.01. The van der Waals surface area contributed by atoms with Gasteiger partial charge in [-0.2, -0.15) is 0 Å². The Morgan fingerprint density at radius 3 is 2.62 bits per heavy atom. The quantitative estimate of drug-likeness (QED) is 0.763. The van der Waals surface area contributed by atoms with Gasteiger partial charge in [0.15, 0.2) is 0 Å². The van der Waals surface area contributed by atoms with Crippen LogP contribution in [0.4, 0.5) is 5.82 Å². The number of hydrogen-bond acceptors (Lipinski definition) is 4. The minimum Gasteiger partial charge on any atom is -0.395 e. The van der Waals surface area contributed by atoms with E-state index < -0.39 is 0 Å². The zero-order valence-corrected chi connectivity index (χ0v) is 10.2. The maximum Gasteiger partial charge on any atom is 0.132 e. The first-order chi connectivity index (χ1) is 7.81. The van der Waals surface area contributed by atoms with Crippen LogP contribution in [0.25, 0.3) is 0 Å². The first-order valence-electron chi connectivity index (χ1n) is 5.98. The summed E-state index contributed by atoms with van der Waals surface area (Å²) in [4.78, 5) is 10.6. The first-order valence-corrected chi connectivity index (χ1v) is 5.98. The second-order valence-corrected chi connectivity index (χ2v) is 3.83. The van der Waals surface area contributed by atoms with Crippen molar-refractivity contribution in [1.29, 1.82) is 0 Å². The number of aryl methyl sites for hydroxylation is 1. The first kappa shape index (κ1) is 12.9. The minimum absolute atomic E-state index is 0.160. The van der Waals surface area contributed by atoms with Gasteiger partial charge in [0.05, 0.1) is 6.61 Å². The molecule has 0 saturated heterocycles. The van der Waals surface area contributed by atoms with Gasteiger partial charge in [-0.1, -0.05) is 20.3 Å². The summed E-state index contributed by atoms with van der Waals surface area (Å²) in [7, 11) is 0. The Hall–Kier alpha value is -1.16. The molecule has 1 N–H and O–H groups in total. The Morgan fingerprint density at radius 2 is 2.00 bits per heavy atom. The topological polar surface area (TPSA) is 49.2 Å². The van der Waals surface area contributed by atoms with E-state index in [9.17, 15) is 0 Å². The standard InChI is InChI=1S/C12H21N3O/c1-3-5-11-9-12(14-10-13-11)15(6-4-2)7-8-16/h9-10,16H,3-8H2,1-2H3. The van der Waals surface area contributed by atoms with Gasteiger partial charge >= 0.3 is 0 Å². The molecule has 0 atom stereocenters. The van der Waals surface area contributed by atoms with Crippen LogP contribution in [0.5, 0.6) is 0 Å². The van der Waals surface area contributed by atoms with E-state index in [1.807, 2.05) is 6.07 Å². The Bertz CT molecular complexity index is 298. The summed E-state index contributed by atoms with van der Waals surface area (Å²) in [6, 6.07) is 2.02. The number of aromatic nitrogens is 2. The van der Waals surface area contributed by atoms with Crippen LogP contribution in [0.1, 0.15) is 32.4 Å². The lowest BCUT2D eigenvalue weighted by atomic mass is 10.2. The molecular weight excluding hydrogens is 202 g/mol. The fourth-order valence-corrected chi connectivity index (χ4v) is 1.68. The lowest BCUT2D eigenvalue weighted by Crippen LogP contribution is -2.28. The normalized spacial score (nSPS) is 10.4. The number of aliphatic hydroxyl groups excluding tert-OH is 1. The second-order valence-electron chi connectivity index (χ2n) is 3.83. The van der Waals surface area contributed by atoms with E-state index in [4.69, 9.17) is 5.11 Å². The summed E-state index contributed by atoms with van der Waals surface area (Å²) < 4.78 is 0. The monoisotopic (exact) mass is 223 g/mol. The average molecular weight is 223 g/mol. The van der Waals surface area contributed by atoms with Gasteiger partial charge in [-0.3, -0.25) is 0 Å². The fraction of sp³-hybridized carbons (Fsp3) is 0.667. The molecule has 0 bridgehead atoms. The Kier molecular flexibility index (Phi) is 5.78. The zero-order valence-electron chi connectivity index (χ0n) is 10.2. The van der Waals surface area contributed by atoms with Gasteiger partial charge in [-0.15, -0.1) is 0 Å². The SMILES string of the molecule is CCCc1cc(N(CCC)CCO)ncn1. The van der Waals surface area contributed by atoms with Crippen LogP contribution in [0.15, 0.2) is 12.4 Å². The number of aliphatic hydroxyl groups is 1. The molecule has 4 nitrogen and oxygen atoms in total. The molecule has 0 aliphatic heterocycles. The number of hydrogen-bond donors (Lipinski definition) is 1. The van der Waals surface area contributed by atoms with Crippen LogP contribution in [0.3, 0.4) is 0 Å². The van der Waals surface area contributed by atoms with Gasteiger partial charge in [0.1, 0.15) is 12.1 Å². The third kappa shape index (κ3) is 3.77. The van der Waals surface area contributed by atoms with Gasteiger partial charge in [-0.25, -0.2) is 9.97 Å². The Morgan fingerprint density at radius 1 is 1.19 bits per heavy atom. The summed E-state index contributed by atoms with van der Waals surface area (Å²) in [5.41, 5.74) is 1.08. The molecule has 4 heteroatoms. The van der Waals surface area contributed by atoms with Gasteiger partial charge < -0.3 is 10.0 Å². The van der Waals surface area contributed by atoms with Crippen molar-refractivity contribution in [2.45, 2.75) is 33.1 Å². The third-order valence-electron chi connectivity index (χ3n) is 2.40. The van der Waals surface area contributed by atoms with E-state index in [2.05, 4.69) is 28.7 Å². The molecule has 1 heterocycles. The highest BCUT2D eigenvalue weighted by atomic mass is 16.3. The summed E-state index contributed by atoms with van der Waals surface area (Å²) in [6.07, 6.45) is 4.73. The van der Waals surface area contributed by atoms with E-state index in [0.29, 0.717) is 6.54 Å². The number of rotatable bonds is 7. The van der Waals surface area contributed by atoms with Gasteiger partial charge in [-0.05, 0) is 12.8 Å². The van der Waals surface area contributed by atoms with Crippen LogP contribution < -0.4 is 4.90 Å². The molecular formula is C12H21N3O. The molecule has 0 aromatic carbocycles. The van der Waals surface area contributed by atoms with Gasteiger partial charge in [0.25, 0.3) is 0 Å². The summed E-state index contributed by atoms with van der Waals surface area (Å²) >= 11 is 0.